The molecule has 0 radical (unpaired) electrons. The second-order valence-electron chi connectivity index (χ2n) is 4.50. The zero-order valence-electron chi connectivity index (χ0n) is 11.0. The molecule has 0 aliphatic carbocycles. The molecule has 19 heavy (non-hydrogen) atoms. The Morgan fingerprint density at radius 2 is 1.89 bits per heavy atom. The van der Waals surface area contributed by atoms with Gasteiger partial charge in [-0.1, -0.05) is 28.9 Å². The van der Waals surface area contributed by atoms with Crippen molar-refractivity contribution in [1.82, 2.24) is 9.88 Å². The van der Waals surface area contributed by atoms with Gasteiger partial charge in [-0.3, -0.25) is 9.88 Å². The molecule has 2 N–H and O–H groups in total. The zero-order chi connectivity index (χ0) is 13.7. The van der Waals surface area contributed by atoms with E-state index in [1.54, 1.807) is 0 Å². The lowest BCUT2D eigenvalue weighted by Crippen LogP contribution is -2.22. The molecule has 0 aliphatic rings. The molecule has 0 spiro atoms. The molecule has 0 bridgehead atoms. The van der Waals surface area contributed by atoms with Crippen LogP contribution in [0.15, 0.2) is 47.2 Å². The summed E-state index contributed by atoms with van der Waals surface area (Å²) in [5.41, 5.74) is 9.32. The standard InChI is InChI=1S/C15H18BrN3/c1-2-19(10-12-5-7-18-8-6-12)11-13-3-4-14(16)9-15(13)17/h3-9H,2,10-11,17H2,1H3. The maximum absolute atomic E-state index is 6.05. The summed E-state index contributed by atoms with van der Waals surface area (Å²) in [6.45, 7) is 4.92. The molecule has 0 amide bonds. The first-order valence-electron chi connectivity index (χ1n) is 6.34. The molecule has 1 heterocycles. The van der Waals surface area contributed by atoms with Crippen LogP contribution in [0.4, 0.5) is 5.69 Å². The van der Waals surface area contributed by atoms with E-state index in [1.807, 2.05) is 36.7 Å². The molecular formula is C15H18BrN3. The number of nitrogens with two attached hydrogens (primary N) is 1. The van der Waals surface area contributed by atoms with Crippen LogP contribution in [0.25, 0.3) is 0 Å². The largest absolute Gasteiger partial charge is 0.398 e. The van der Waals surface area contributed by atoms with Gasteiger partial charge in [0.05, 0.1) is 0 Å². The van der Waals surface area contributed by atoms with E-state index in [0.29, 0.717) is 0 Å². The third-order valence-electron chi connectivity index (χ3n) is 3.10. The Labute approximate surface area is 122 Å². The molecule has 0 saturated carbocycles. The molecule has 0 atom stereocenters. The van der Waals surface area contributed by atoms with Crippen LogP contribution in [0.1, 0.15) is 18.1 Å². The summed E-state index contributed by atoms with van der Waals surface area (Å²) >= 11 is 3.43. The minimum absolute atomic E-state index is 0.836. The lowest BCUT2D eigenvalue weighted by atomic mass is 10.1. The molecular weight excluding hydrogens is 302 g/mol. The van der Waals surface area contributed by atoms with E-state index in [0.717, 1.165) is 29.8 Å². The zero-order valence-corrected chi connectivity index (χ0v) is 12.6. The number of nitrogen functional groups attached to an aromatic ring is 1. The van der Waals surface area contributed by atoms with E-state index < -0.39 is 0 Å². The van der Waals surface area contributed by atoms with Crippen LogP contribution in [0.2, 0.25) is 0 Å². The number of halogens is 1. The Bertz CT molecular complexity index is 528. The monoisotopic (exact) mass is 319 g/mol. The normalized spacial score (nSPS) is 10.9. The van der Waals surface area contributed by atoms with Crippen LogP contribution >= 0.6 is 15.9 Å². The molecule has 0 fully saturated rings. The van der Waals surface area contributed by atoms with Gasteiger partial charge in [0.15, 0.2) is 0 Å². The van der Waals surface area contributed by atoms with E-state index >= 15 is 0 Å². The summed E-state index contributed by atoms with van der Waals surface area (Å²) in [7, 11) is 0. The van der Waals surface area contributed by atoms with Gasteiger partial charge in [-0.2, -0.15) is 0 Å². The van der Waals surface area contributed by atoms with Gasteiger partial charge in [0.2, 0.25) is 0 Å². The highest BCUT2D eigenvalue weighted by molar-refractivity contribution is 9.10. The van der Waals surface area contributed by atoms with Crippen LogP contribution in [0.5, 0.6) is 0 Å². The van der Waals surface area contributed by atoms with Crippen LogP contribution in [0, 0.1) is 0 Å². The van der Waals surface area contributed by atoms with Crippen molar-refractivity contribution < 1.29 is 0 Å². The van der Waals surface area contributed by atoms with Crippen LogP contribution < -0.4 is 5.73 Å². The van der Waals surface area contributed by atoms with Crippen molar-refractivity contribution in [2.24, 2.45) is 0 Å². The number of hydrogen-bond acceptors (Lipinski definition) is 3. The van der Waals surface area contributed by atoms with Crippen molar-refractivity contribution in [2.45, 2.75) is 20.0 Å². The van der Waals surface area contributed by atoms with Crippen molar-refractivity contribution in [2.75, 3.05) is 12.3 Å². The number of nitrogens with zero attached hydrogens (tertiary/aromatic N) is 2. The molecule has 0 saturated heterocycles. The number of aromatic nitrogens is 1. The molecule has 1 aromatic carbocycles. The third-order valence-corrected chi connectivity index (χ3v) is 3.60. The molecule has 3 nitrogen and oxygen atoms in total. The second-order valence-corrected chi connectivity index (χ2v) is 5.42. The van der Waals surface area contributed by atoms with Crippen molar-refractivity contribution in [3.8, 4) is 0 Å². The van der Waals surface area contributed by atoms with Gasteiger partial charge < -0.3 is 5.73 Å². The van der Waals surface area contributed by atoms with Gasteiger partial charge >= 0.3 is 0 Å². The fourth-order valence-electron chi connectivity index (χ4n) is 1.98. The van der Waals surface area contributed by atoms with E-state index in [4.69, 9.17) is 5.73 Å². The highest BCUT2D eigenvalue weighted by Gasteiger charge is 2.07. The van der Waals surface area contributed by atoms with Gasteiger partial charge in [-0.25, -0.2) is 0 Å². The first-order valence-corrected chi connectivity index (χ1v) is 7.13. The summed E-state index contributed by atoms with van der Waals surface area (Å²) in [4.78, 5) is 6.40. The first kappa shape index (κ1) is 14.0. The van der Waals surface area contributed by atoms with Crippen LogP contribution in [-0.4, -0.2) is 16.4 Å². The Balaban J connectivity index is 2.06. The Kier molecular flexibility index (Phi) is 4.93. The van der Waals surface area contributed by atoms with E-state index in [-0.39, 0.29) is 0 Å². The van der Waals surface area contributed by atoms with Crippen molar-refractivity contribution in [3.63, 3.8) is 0 Å². The number of hydrogen-bond donors (Lipinski definition) is 1. The fraction of sp³-hybridized carbons (Fsp3) is 0.267. The van der Waals surface area contributed by atoms with Crippen molar-refractivity contribution >= 4 is 21.6 Å². The lowest BCUT2D eigenvalue weighted by molar-refractivity contribution is 0.272. The van der Waals surface area contributed by atoms with Crippen LogP contribution in [-0.2, 0) is 13.1 Å². The van der Waals surface area contributed by atoms with Gasteiger partial charge in [0.1, 0.15) is 0 Å². The molecule has 2 aromatic rings. The van der Waals surface area contributed by atoms with Gasteiger partial charge in [-0.15, -0.1) is 0 Å². The quantitative estimate of drug-likeness (QED) is 0.858. The average molecular weight is 320 g/mol. The molecule has 0 unspecified atom stereocenters. The predicted octanol–water partition coefficient (Wildman–Crippen LogP) is 3.45. The molecule has 2 rings (SSSR count). The molecule has 0 aliphatic heterocycles. The fourth-order valence-corrected chi connectivity index (χ4v) is 2.36. The highest BCUT2D eigenvalue weighted by Crippen LogP contribution is 2.20. The topological polar surface area (TPSA) is 42.2 Å². The molecule has 1 aromatic heterocycles. The highest BCUT2D eigenvalue weighted by atomic mass is 79.9. The smallest absolute Gasteiger partial charge is 0.0371 e. The predicted molar refractivity (Wildman–Crippen MR) is 82.6 cm³/mol. The minimum Gasteiger partial charge on any atom is -0.398 e. The number of rotatable bonds is 5. The lowest BCUT2D eigenvalue weighted by Gasteiger charge is -2.21. The SMILES string of the molecule is CCN(Cc1ccncc1)Cc1ccc(Br)cc1N. The number of benzene rings is 1. The summed E-state index contributed by atoms with van der Waals surface area (Å²) in [6, 6.07) is 10.2. The van der Waals surface area contributed by atoms with Gasteiger partial charge in [0.25, 0.3) is 0 Å². The van der Waals surface area contributed by atoms with Crippen molar-refractivity contribution in [1.29, 1.82) is 0 Å². The summed E-state index contributed by atoms with van der Waals surface area (Å²) in [5, 5.41) is 0. The number of anilines is 1. The van der Waals surface area contributed by atoms with Crippen LogP contribution in [0.3, 0.4) is 0 Å². The van der Waals surface area contributed by atoms with E-state index in [1.165, 1.54) is 11.1 Å². The Hall–Kier alpha value is -1.39. The maximum atomic E-state index is 6.05. The maximum Gasteiger partial charge on any atom is 0.0371 e. The average Bonchev–Trinajstić information content (AvgIpc) is 2.42. The Morgan fingerprint density at radius 3 is 2.53 bits per heavy atom. The van der Waals surface area contributed by atoms with Gasteiger partial charge in [-0.05, 0) is 41.9 Å². The van der Waals surface area contributed by atoms with E-state index in [9.17, 15) is 0 Å². The molecule has 100 valence electrons. The Morgan fingerprint density at radius 1 is 1.16 bits per heavy atom. The first-order chi connectivity index (χ1) is 9.19. The minimum atomic E-state index is 0.836. The molecule has 4 heteroatoms. The summed E-state index contributed by atoms with van der Waals surface area (Å²) in [5.74, 6) is 0. The second kappa shape index (κ2) is 6.68. The summed E-state index contributed by atoms with van der Waals surface area (Å²) in [6.07, 6.45) is 3.66. The van der Waals surface area contributed by atoms with E-state index in [2.05, 4.69) is 38.8 Å². The van der Waals surface area contributed by atoms with Gasteiger partial charge in [0, 0.05) is 35.6 Å². The van der Waals surface area contributed by atoms with Crippen molar-refractivity contribution in [3.05, 3.63) is 58.3 Å². The third kappa shape index (κ3) is 4.04. The number of pyridine rings is 1. The summed E-state index contributed by atoms with van der Waals surface area (Å²) < 4.78 is 1.02.